The summed E-state index contributed by atoms with van der Waals surface area (Å²) in [6, 6.07) is 0. The molecule has 0 aromatic carbocycles. The number of rotatable bonds is 5. The Bertz CT molecular complexity index is 165. The van der Waals surface area contributed by atoms with E-state index in [0.717, 1.165) is 13.2 Å². The van der Waals surface area contributed by atoms with Crippen molar-refractivity contribution in [1.29, 1.82) is 0 Å². The molecule has 1 fully saturated rings. The number of carbonyl (C=O) groups is 1. The van der Waals surface area contributed by atoms with Crippen LogP contribution in [-0.2, 0) is 9.53 Å². The Morgan fingerprint density at radius 1 is 1.43 bits per heavy atom. The second-order valence-corrected chi connectivity index (χ2v) is 3.56. The van der Waals surface area contributed by atoms with Crippen LogP contribution in [0.5, 0.6) is 0 Å². The lowest BCUT2D eigenvalue weighted by atomic mass is 10.1. The molecule has 1 N–H and O–H groups in total. The Labute approximate surface area is 87.2 Å². The molecule has 0 atom stereocenters. The van der Waals surface area contributed by atoms with Crippen LogP contribution < -0.4 is 5.32 Å². The maximum atomic E-state index is 10.9. The summed E-state index contributed by atoms with van der Waals surface area (Å²) in [5.41, 5.74) is 0.277. The van der Waals surface area contributed by atoms with Crippen molar-refractivity contribution in [3.05, 3.63) is 0 Å². The second kappa shape index (κ2) is 6.82. The highest BCUT2D eigenvalue weighted by molar-refractivity contribution is 5.75. The van der Waals surface area contributed by atoms with Crippen LogP contribution in [-0.4, -0.2) is 26.2 Å². The van der Waals surface area contributed by atoms with Crippen LogP contribution in [0.4, 0.5) is 0 Å². The monoisotopic (exact) mass is 201 g/mol. The molecule has 84 valence electrons. The van der Waals surface area contributed by atoms with E-state index in [1.165, 1.54) is 12.8 Å². The van der Waals surface area contributed by atoms with E-state index in [0.29, 0.717) is 6.42 Å². The third-order valence-corrected chi connectivity index (χ3v) is 2.39. The van der Waals surface area contributed by atoms with E-state index in [9.17, 15) is 4.79 Å². The SMILES string of the molecule is CC.CCC(=O)NCC1(COC)CC1. The summed E-state index contributed by atoms with van der Waals surface area (Å²) in [6.45, 7) is 7.43. The van der Waals surface area contributed by atoms with E-state index in [-0.39, 0.29) is 11.3 Å². The quantitative estimate of drug-likeness (QED) is 0.738. The molecular formula is C11H23NO2. The molecule has 3 heteroatoms. The normalized spacial score (nSPS) is 16.6. The van der Waals surface area contributed by atoms with Crippen molar-refractivity contribution < 1.29 is 9.53 Å². The Morgan fingerprint density at radius 2 is 2.00 bits per heavy atom. The topological polar surface area (TPSA) is 38.3 Å². The van der Waals surface area contributed by atoms with Crippen LogP contribution in [0.3, 0.4) is 0 Å². The van der Waals surface area contributed by atoms with Gasteiger partial charge in [-0.25, -0.2) is 0 Å². The average molecular weight is 201 g/mol. The zero-order chi connectivity index (χ0) is 11.0. The second-order valence-electron chi connectivity index (χ2n) is 3.56. The van der Waals surface area contributed by atoms with E-state index >= 15 is 0 Å². The molecule has 0 aliphatic heterocycles. The van der Waals surface area contributed by atoms with Crippen molar-refractivity contribution in [3.63, 3.8) is 0 Å². The molecule has 1 saturated carbocycles. The maximum Gasteiger partial charge on any atom is 0.219 e. The minimum Gasteiger partial charge on any atom is -0.384 e. The molecule has 0 heterocycles. The molecule has 1 amide bonds. The molecule has 0 aromatic heterocycles. The van der Waals surface area contributed by atoms with Crippen LogP contribution >= 0.6 is 0 Å². The van der Waals surface area contributed by atoms with Crippen LogP contribution in [0.1, 0.15) is 40.0 Å². The van der Waals surface area contributed by atoms with E-state index in [1.807, 2.05) is 20.8 Å². The van der Waals surface area contributed by atoms with Crippen LogP contribution in [0.25, 0.3) is 0 Å². The molecule has 0 saturated heterocycles. The van der Waals surface area contributed by atoms with Crippen molar-refractivity contribution in [2.24, 2.45) is 5.41 Å². The molecule has 1 aliphatic carbocycles. The molecule has 14 heavy (non-hydrogen) atoms. The van der Waals surface area contributed by atoms with Gasteiger partial charge >= 0.3 is 0 Å². The fourth-order valence-electron chi connectivity index (χ4n) is 1.27. The first-order valence-electron chi connectivity index (χ1n) is 5.48. The van der Waals surface area contributed by atoms with Gasteiger partial charge in [-0.3, -0.25) is 4.79 Å². The van der Waals surface area contributed by atoms with Gasteiger partial charge in [-0.1, -0.05) is 20.8 Å². The molecular weight excluding hydrogens is 178 g/mol. The van der Waals surface area contributed by atoms with E-state index in [2.05, 4.69) is 5.32 Å². The number of amides is 1. The largest absolute Gasteiger partial charge is 0.384 e. The number of carbonyl (C=O) groups excluding carboxylic acids is 1. The number of methoxy groups -OCH3 is 1. The van der Waals surface area contributed by atoms with Gasteiger partial charge in [0.05, 0.1) is 6.61 Å². The summed E-state index contributed by atoms with van der Waals surface area (Å²) in [6.07, 6.45) is 2.94. The molecule has 0 unspecified atom stereocenters. The first kappa shape index (κ1) is 13.4. The van der Waals surface area contributed by atoms with E-state index in [4.69, 9.17) is 4.74 Å². The highest BCUT2D eigenvalue weighted by Crippen LogP contribution is 2.44. The van der Waals surface area contributed by atoms with Gasteiger partial charge in [-0.05, 0) is 12.8 Å². The lowest BCUT2D eigenvalue weighted by molar-refractivity contribution is -0.121. The van der Waals surface area contributed by atoms with Gasteiger partial charge in [0, 0.05) is 25.5 Å². The van der Waals surface area contributed by atoms with Gasteiger partial charge in [0.25, 0.3) is 0 Å². The molecule has 0 bridgehead atoms. The van der Waals surface area contributed by atoms with Gasteiger partial charge in [0.15, 0.2) is 0 Å². The maximum absolute atomic E-state index is 10.9. The lowest BCUT2D eigenvalue weighted by Crippen LogP contribution is -2.31. The Kier molecular flexibility index (Phi) is 6.54. The zero-order valence-corrected chi connectivity index (χ0v) is 9.85. The minimum absolute atomic E-state index is 0.136. The third-order valence-electron chi connectivity index (χ3n) is 2.39. The van der Waals surface area contributed by atoms with Crippen molar-refractivity contribution in [1.82, 2.24) is 5.32 Å². The highest BCUT2D eigenvalue weighted by Gasteiger charge is 2.42. The minimum atomic E-state index is 0.136. The number of hydrogen-bond donors (Lipinski definition) is 1. The smallest absolute Gasteiger partial charge is 0.219 e. The highest BCUT2D eigenvalue weighted by atomic mass is 16.5. The molecule has 1 aliphatic rings. The molecule has 3 nitrogen and oxygen atoms in total. The summed E-state index contributed by atoms with van der Waals surface area (Å²) in [5, 5.41) is 2.90. The van der Waals surface area contributed by atoms with Gasteiger partial charge in [0.1, 0.15) is 0 Å². The standard InChI is InChI=1S/C9H17NO2.C2H6/c1-3-8(11)10-6-9(4-5-9)7-12-2;1-2/h3-7H2,1-2H3,(H,10,11);1-2H3. The van der Waals surface area contributed by atoms with E-state index in [1.54, 1.807) is 7.11 Å². The Morgan fingerprint density at radius 3 is 2.36 bits per heavy atom. The number of nitrogens with one attached hydrogen (secondary N) is 1. The van der Waals surface area contributed by atoms with Crippen molar-refractivity contribution in [2.45, 2.75) is 40.0 Å². The number of ether oxygens (including phenoxy) is 1. The summed E-state index contributed by atoms with van der Waals surface area (Å²) in [4.78, 5) is 10.9. The fourth-order valence-corrected chi connectivity index (χ4v) is 1.27. The summed E-state index contributed by atoms with van der Waals surface area (Å²) in [7, 11) is 1.71. The van der Waals surface area contributed by atoms with Crippen LogP contribution in [0.15, 0.2) is 0 Å². The third kappa shape index (κ3) is 4.61. The molecule has 0 radical (unpaired) electrons. The summed E-state index contributed by atoms with van der Waals surface area (Å²) in [5.74, 6) is 0.136. The van der Waals surface area contributed by atoms with Crippen molar-refractivity contribution in [3.8, 4) is 0 Å². The predicted octanol–water partition coefficient (Wildman–Crippen LogP) is 1.97. The average Bonchev–Trinajstić information content (AvgIpc) is 2.99. The molecule has 1 rings (SSSR count). The van der Waals surface area contributed by atoms with Crippen LogP contribution in [0, 0.1) is 5.41 Å². The van der Waals surface area contributed by atoms with Gasteiger partial charge in [0.2, 0.25) is 5.91 Å². The summed E-state index contributed by atoms with van der Waals surface area (Å²) >= 11 is 0. The first-order chi connectivity index (χ1) is 6.72. The van der Waals surface area contributed by atoms with Crippen molar-refractivity contribution >= 4 is 5.91 Å². The lowest BCUT2D eigenvalue weighted by Gasteiger charge is -2.13. The molecule has 0 spiro atoms. The molecule has 0 aromatic rings. The fraction of sp³-hybridized carbons (Fsp3) is 0.909. The first-order valence-corrected chi connectivity index (χ1v) is 5.48. The van der Waals surface area contributed by atoms with Gasteiger partial charge in [-0.2, -0.15) is 0 Å². The van der Waals surface area contributed by atoms with Crippen LogP contribution in [0.2, 0.25) is 0 Å². The summed E-state index contributed by atoms with van der Waals surface area (Å²) < 4.78 is 5.08. The van der Waals surface area contributed by atoms with E-state index < -0.39 is 0 Å². The Hall–Kier alpha value is -0.570. The number of hydrogen-bond acceptors (Lipinski definition) is 2. The Balaban J connectivity index is 0.000000791. The van der Waals surface area contributed by atoms with Crippen molar-refractivity contribution in [2.75, 3.05) is 20.3 Å². The van der Waals surface area contributed by atoms with Gasteiger partial charge < -0.3 is 10.1 Å². The predicted molar refractivity (Wildman–Crippen MR) is 58.2 cm³/mol. The van der Waals surface area contributed by atoms with Gasteiger partial charge in [-0.15, -0.1) is 0 Å². The zero-order valence-electron chi connectivity index (χ0n) is 9.85.